The van der Waals surface area contributed by atoms with Crippen LogP contribution in [-0.2, 0) is 28.6 Å². The Kier molecular flexibility index (Phi) is 8.25. The first-order valence-corrected chi connectivity index (χ1v) is 8.79. The highest BCUT2D eigenvalue weighted by Gasteiger charge is 2.16. The molecule has 0 aliphatic carbocycles. The minimum Gasteiger partial charge on any atom is -0.372 e. The molecule has 3 N–H and O–H groups in total. The van der Waals surface area contributed by atoms with Gasteiger partial charge in [0.15, 0.2) is 6.79 Å². The van der Waals surface area contributed by atoms with Gasteiger partial charge in [-0.2, -0.15) is 0 Å². The van der Waals surface area contributed by atoms with E-state index < -0.39 is 30.7 Å². The van der Waals surface area contributed by atoms with Gasteiger partial charge >= 0.3 is 7.82 Å². The van der Waals surface area contributed by atoms with Crippen molar-refractivity contribution in [3.05, 3.63) is 0 Å². The van der Waals surface area contributed by atoms with Gasteiger partial charge in [-0.15, -0.1) is 0 Å². The van der Waals surface area contributed by atoms with E-state index in [0.29, 0.717) is 0 Å². The summed E-state index contributed by atoms with van der Waals surface area (Å²) in [6.07, 6.45) is 0.268. The molecule has 0 aromatic rings. The van der Waals surface area contributed by atoms with E-state index in [1.807, 2.05) is 0 Å². The lowest BCUT2D eigenvalue weighted by molar-refractivity contribution is -0.0756. The Morgan fingerprint density at radius 2 is 1.89 bits per heavy atom. The third-order valence-electron chi connectivity index (χ3n) is 1.65. The van der Waals surface area contributed by atoms with Gasteiger partial charge in [0, 0.05) is 6.54 Å². The van der Waals surface area contributed by atoms with E-state index in [1.165, 1.54) is 0 Å². The number of sulfonamides is 1. The lowest BCUT2D eigenvalue weighted by Crippen LogP contribution is -2.37. The molecule has 0 aromatic heterocycles. The van der Waals surface area contributed by atoms with E-state index in [4.69, 9.17) is 19.3 Å². The van der Waals surface area contributed by atoms with Crippen molar-refractivity contribution in [2.45, 2.75) is 26.1 Å². The fourth-order valence-corrected chi connectivity index (χ4v) is 1.76. The van der Waals surface area contributed by atoms with E-state index in [1.54, 1.807) is 13.8 Å². The molecular formula is C8H20NO8PS. The molecule has 0 aliphatic heterocycles. The molecule has 0 fully saturated rings. The number of phosphoric acid groups is 1. The quantitative estimate of drug-likeness (QED) is 0.276. The molecule has 1 unspecified atom stereocenters. The summed E-state index contributed by atoms with van der Waals surface area (Å²) < 4.78 is 48.9. The van der Waals surface area contributed by atoms with E-state index in [-0.39, 0.29) is 19.3 Å². The molecule has 0 saturated carbocycles. The first-order valence-electron chi connectivity index (χ1n) is 5.37. The summed E-state index contributed by atoms with van der Waals surface area (Å²) in [5.74, 6) is 0. The van der Waals surface area contributed by atoms with Gasteiger partial charge in [-0.05, 0) is 13.8 Å². The minimum absolute atomic E-state index is 0.00702. The lowest BCUT2D eigenvalue weighted by atomic mass is 10.3. The average molecular weight is 321 g/mol. The normalized spacial score (nSPS) is 14.8. The van der Waals surface area contributed by atoms with Gasteiger partial charge in [0.05, 0.1) is 25.1 Å². The van der Waals surface area contributed by atoms with Gasteiger partial charge in [0.25, 0.3) is 0 Å². The molecule has 116 valence electrons. The summed E-state index contributed by atoms with van der Waals surface area (Å²) in [4.78, 5) is 16.8. The van der Waals surface area contributed by atoms with Crippen molar-refractivity contribution in [1.82, 2.24) is 4.72 Å². The van der Waals surface area contributed by atoms with Crippen LogP contribution in [0.2, 0.25) is 0 Å². The fraction of sp³-hybridized carbons (Fsp3) is 1.00. The highest BCUT2D eigenvalue weighted by atomic mass is 32.2. The molecule has 9 nitrogen and oxygen atoms in total. The van der Waals surface area contributed by atoms with Crippen LogP contribution in [0.15, 0.2) is 0 Å². The molecule has 0 aromatic carbocycles. The van der Waals surface area contributed by atoms with Crippen LogP contribution >= 0.6 is 7.82 Å². The van der Waals surface area contributed by atoms with Crippen LogP contribution < -0.4 is 4.72 Å². The van der Waals surface area contributed by atoms with Crippen LogP contribution in [-0.4, -0.2) is 56.6 Å². The largest absolute Gasteiger partial charge is 0.471 e. The summed E-state index contributed by atoms with van der Waals surface area (Å²) in [7, 11) is -7.92. The third-order valence-corrected chi connectivity index (χ3v) is 2.78. The molecule has 0 rings (SSSR count). The maximum absolute atomic E-state index is 10.9. The Morgan fingerprint density at radius 1 is 1.32 bits per heavy atom. The van der Waals surface area contributed by atoms with Crippen LogP contribution in [0.25, 0.3) is 0 Å². The van der Waals surface area contributed by atoms with Gasteiger partial charge in [-0.1, -0.05) is 0 Å². The molecule has 19 heavy (non-hydrogen) atoms. The molecule has 0 bridgehead atoms. The Bertz CT molecular complexity index is 392. The van der Waals surface area contributed by atoms with Crippen LogP contribution in [0.4, 0.5) is 0 Å². The van der Waals surface area contributed by atoms with Crippen molar-refractivity contribution in [3.8, 4) is 0 Å². The second-order valence-electron chi connectivity index (χ2n) is 4.04. The number of ether oxygens (including phenoxy) is 2. The molecule has 0 heterocycles. The van der Waals surface area contributed by atoms with Crippen LogP contribution in [0.3, 0.4) is 0 Å². The predicted octanol–water partition coefficient (Wildman–Crippen LogP) is -0.587. The van der Waals surface area contributed by atoms with Crippen LogP contribution in [0.1, 0.15) is 13.8 Å². The maximum Gasteiger partial charge on any atom is 0.471 e. The fourth-order valence-electron chi connectivity index (χ4n) is 1.06. The smallest absolute Gasteiger partial charge is 0.372 e. The van der Waals surface area contributed by atoms with Gasteiger partial charge in [-0.25, -0.2) is 17.7 Å². The zero-order chi connectivity index (χ0) is 15.1. The van der Waals surface area contributed by atoms with Gasteiger partial charge < -0.3 is 19.3 Å². The molecule has 0 amide bonds. The first kappa shape index (κ1) is 18.9. The SMILES string of the molecule is CC(C)OC(CNS(C)(=O)=O)COCOP(=O)(O)O. The van der Waals surface area contributed by atoms with Crippen molar-refractivity contribution < 1.29 is 36.8 Å². The predicted molar refractivity (Wildman–Crippen MR) is 66.8 cm³/mol. The van der Waals surface area contributed by atoms with Crippen molar-refractivity contribution in [2.75, 3.05) is 26.2 Å². The molecule has 1 atom stereocenters. The summed E-state index contributed by atoms with van der Waals surface area (Å²) >= 11 is 0. The number of hydrogen-bond acceptors (Lipinski definition) is 6. The first-order chi connectivity index (χ1) is 8.49. The van der Waals surface area contributed by atoms with E-state index in [0.717, 1.165) is 6.26 Å². The topological polar surface area (TPSA) is 131 Å². The van der Waals surface area contributed by atoms with Gasteiger partial charge in [0.2, 0.25) is 10.0 Å². The molecular weight excluding hydrogens is 301 g/mol. The molecule has 0 saturated heterocycles. The summed E-state index contributed by atoms with van der Waals surface area (Å²) in [5.41, 5.74) is 0. The van der Waals surface area contributed by atoms with Crippen molar-refractivity contribution in [3.63, 3.8) is 0 Å². The number of hydrogen-bond donors (Lipinski definition) is 3. The zero-order valence-corrected chi connectivity index (χ0v) is 12.7. The summed E-state index contributed by atoms with van der Waals surface area (Å²) in [5, 5.41) is 0. The van der Waals surface area contributed by atoms with Crippen molar-refractivity contribution in [1.29, 1.82) is 0 Å². The van der Waals surface area contributed by atoms with Gasteiger partial charge in [0.1, 0.15) is 0 Å². The highest BCUT2D eigenvalue weighted by Crippen LogP contribution is 2.35. The minimum atomic E-state index is -4.57. The highest BCUT2D eigenvalue weighted by molar-refractivity contribution is 7.88. The van der Waals surface area contributed by atoms with Crippen LogP contribution in [0, 0.1) is 0 Å². The van der Waals surface area contributed by atoms with Gasteiger partial charge in [-0.3, -0.25) is 4.52 Å². The Balaban J connectivity index is 4.10. The molecule has 0 radical (unpaired) electrons. The molecule has 11 heteroatoms. The standard InChI is InChI=1S/C8H20NO8PS/c1-7(2)17-8(4-9-19(3,13)14)5-15-6-16-18(10,11)12/h7-9H,4-6H2,1-3H3,(H2,10,11,12). The van der Waals surface area contributed by atoms with Crippen molar-refractivity contribution in [2.24, 2.45) is 0 Å². The van der Waals surface area contributed by atoms with E-state index in [2.05, 4.69) is 9.25 Å². The number of phosphoric ester groups is 1. The second kappa shape index (κ2) is 8.28. The van der Waals surface area contributed by atoms with E-state index in [9.17, 15) is 13.0 Å². The third kappa shape index (κ3) is 14.2. The Morgan fingerprint density at radius 3 is 2.32 bits per heavy atom. The Hall–Kier alpha value is -0.0600. The lowest BCUT2D eigenvalue weighted by Gasteiger charge is -2.20. The van der Waals surface area contributed by atoms with Crippen LogP contribution in [0.5, 0.6) is 0 Å². The van der Waals surface area contributed by atoms with E-state index >= 15 is 0 Å². The zero-order valence-electron chi connectivity index (χ0n) is 11.0. The molecule has 0 aliphatic rings. The summed E-state index contributed by atoms with van der Waals surface area (Å²) in [6.45, 7) is 2.84. The number of nitrogens with one attached hydrogen (secondary N) is 1. The molecule has 0 spiro atoms. The van der Waals surface area contributed by atoms with Crippen molar-refractivity contribution >= 4 is 17.8 Å². The monoisotopic (exact) mass is 321 g/mol. The average Bonchev–Trinajstić information content (AvgIpc) is 2.17. The summed E-state index contributed by atoms with van der Waals surface area (Å²) in [6, 6.07) is 0. The maximum atomic E-state index is 10.9. The Labute approximate surface area is 112 Å². The number of rotatable bonds is 10. The second-order valence-corrected chi connectivity index (χ2v) is 7.11.